The van der Waals surface area contributed by atoms with Gasteiger partial charge < -0.3 is 10.2 Å². The molecule has 0 amide bonds. The van der Waals surface area contributed by atoms with Crippen molar-refractivity contribution < 1.29 is 19.8 Å². The minimum atomic E-state index is -1.58. The molecule has 1 rings (SSSR count). The first-order valence-corrected chi connectivity index (χ1v) is 5.09. The molecule has 0 radical (unpaired) electrons. The van der Waals surface area contributed by atoms with Gasteiger partial charge in [0.2, 0.25) is 0 Å². The maximum absolute atomic E-state index is 11.0. The minimum Gasteiger partial charge on any atom is -0.507 e. The van der Waals surface area contributed by atoms with Crippen molar-refractivity contribution in [1.82, 2.24) is 0 Å². The van der Waals surface area contributed by atoms with Gasteiger partial charge in [-0.3, -0.25) is 4.79 Å². The van der Waals surface area contributed by atoms with Crippen LogP contribution in [0.3, 0.4) is 0 Å². The largest absolute Gasteiger partial charge is 0.507 e. The molecule has 90 valence electrons. The van der Waals surface area contributed by atoms with Crippen LogP contribution in [-0.4, -0.2) is 22.0 Å². The van der Waals surface area contributed by atoms with Crippen molar-refractivity contribution in [2.45, 2.75) is 20.8 Å². The van der Waals surface area contributed by atoms with Crippen LogP contribution in [-0.2, 0) is 9.59 Å². The first-order valence-electron chi connectivity index (χ1n) is 5.09. The Morgan fingerprint density at radius 3 is 1.94 bits per heavy atom. The van der Waals surface area contributed by atoms with Crippen LogP contribution in [0, 0.1) is 20.8 Å². The fourth-order valence-corrected chi connectivity index (χ4v) is 1.84. The molecule has 1 aromatic carbocycles. The number of carboxylic acid groups (broad SMARTS) is 1. The third kappa shape index (κ3) is 2.93. The normalized spacial score (nSPS) is 11.4. The lowest BCUT2D eigenvalue weighted by Gasteiger charge is -2.10. The summed E-state index contributed by atoms with van der Waals surface area (Å²) in [6.07, 6.45) is 0.729. The van der Waals surface area contributed by atoms with Gasteiger partial charge >= 0.3 is 5.97 Å². The average Bonchev–Trinajstić information content (AvgIpc) is 2.15. The van der Waals surface area contributed by atoms with Crippen LogP contribution in [0.2, 0.25) is 0 Å². The molecule has 2 N–H and O–H groups in total. The topological polar surface area (TPSA) is 74.6 Å². The molecule has 0 aromatic heterocycles. The summed E-state index contributed by atoms with van der Waals surface area (Å²) in [5.41, 5.74) is 3.15. The van der Waals surface area contributed by atoms with E-state index in [9.17, 15) is 14.7 Å². The average molecular weight is 234 g/mol. The lowest BCUT2D eigenvalue weighted by atomic mass is 9.98. The molecule has 0 aliphatic heterocycles. The number of carbonyl (C=O) groups excluding carboxylic acids is 1. The van der Waals surface area contributed by atoms with E-state index in [1.165, 1.54) is 0 Å². The molecule has 0 saturated carbocycles. The molecule has 0 aliphatic rings. The number of aliphatic carboxylic acids is 1. The fourth-order valence-electron chi connectivity index (χ4n) is 1.84. The molecule has 0 fully saturated rings. The van der Waals surface area contributed by atoms with Crippen LogP contribution >= 0.6 is 0 Å². The van der Waals surface area contributed by atoms with E-state index in [4.69, 9.17) is 5.11 Å². The van der Waals surface area contributed by atoms with Gasteiger partial charge in [-0.05, 0) is 31.9 Å². The molecule has 0 bridgehead atoms. The molecule has 4 heteroatoms. The zero-order valence-electron chi connectivity index (χ0n) is 9.94. The van der Waals surface area contributed by atoms with Crippen LogP contribution in [0.5, 0.6) is 0 Å². The number of benzene rings is 1. The number of ketones is 1. The van der Waals surface area contributed by atoms with E-state index in [0.29, 0.717) is 5.56 Å². The maximum atomic E-state index is 11.0. The Hall–Kier alpha value is -2.10. The summed E-state index contributed by atoms with van der Waals surface area (Å²) in [5.74, 6) is -3.03. The van der Waals surface area contributed by atoms with Crippen molar-refractivity contribution in [3.05, 3.63) is 40.5 Å². The number of aliphatic hydroxyl groups excluding tert-OH is 1. The molecule has 1 aromatic rings. The highest BCUT2D eigenvalue weighted by Crippen LogP contribution is 2.22. The van der Waals surface area contributed by atoms with Gasteiger partial charge in [0.15, 0.2) is 0 Å². The standard InChI is InChI=1S/C13H14O4/c1-7-4-8(2)12(9(3)5-7)10(14)6-11(15)13(16)17/h4-6,14H,1-3H3,(H,16,17). The highest BCUT2D eigenvalue weighted by molar-refractivity contribution is 6.38. The van der Waals surface area contributed by atoms with E-state index in [-0.39, 0.29) is 5.76 Å². The van der Waals surface area contributed by atoms with E-state index in [2.05, 4.69) is 0 Å². The van der Waals surface area contributed by atoms with E-state index in [0.717, 1.165) is 22.8 Å². The second kappa shape index (κ2) is 4.82. The van der Waals surface area contributed by atoms with Crippen LogP contribution in [0.1, 0.15) is 22.3 Å². The SMILES string of the molecule is Cc1cc(C)c(C(O)=CC(=O)C(=O)O)c(C)c1. The Balaban J connectivity index is 3.26. The number of carboxylic acids is 1. The van der Waals surface area contributed by atoms with Crippen LogP contribution in [0.25, 0.3) is 5.76 Å². The Morgan fingerprint density at radius 1 is 1.06 bits per heavy atom. The van der Waals surface area contributed by atoms with Crippen molar-refractivity contribution in [3.8, 4) is 0 Å². The lowest BCUT2D eigenvalue weighted by molar-refractivity contribution is -0.146. The zero-order valence-corrected chi connectivity index (χ0v) is 9.94. The summed E-state index contributed by atoms with van der Waals surface area (Å²) in [4.78, 5) is 21.4. The van der Waals surface area contributed by atoms with Gasteiger partial charge in [-0.25, -0.2) is 4.79 Å². The van der Waals surface area contributed by atoms with Gasteiger partial charge in [0.05, 0.1) is 0 Å². The molecule has 4 nitrogen and oxygen atoms in total. The smallest absolute Gasteiger partial charge is 0.376 e. The summed E-state index contributed by atoms with van der Waals surface area (Å²) in [7, 11) is 0. The summed E-state index contributed by atoms with van der Waals surface area (Å²) in [6.45, 7) is 5.52. The number of aliphatic hydroxyl groups is 1. The molecule has 0 saturated heterocycles. The Morgan fingerprint density at radius 2 is 1.53 bits per heavy atom. The maximum Gasteiger partial charge on any atom is 0.376 e. The Labute approximate surface area is 99.2 Å². The number of hydrogen-bond donors (Lipinski definition) is 2. The van der Waals surface area contributed by atoms with Gasteiger partial charge in [-0.2, -0.15) is 0 Å². The number of aryl methyl sites for hydroxylation is 3. The van der Waals surface area contributed by atoms with E-state index in [1.807, 2.05) is 19.1 Å². The third-order valence-electron chi connectivity index (χ3n) is 2.41. The van der Waals surface area contributed by atoms with Crippen LogP contribution in [0.15, 0.2) is 18.2 Å². The van der Waals surface area contributed by atoms with E-state index < -0.39 is 11.8 Å². The molecule has 17 heavy (non-hydrogen) atoms. The van der Waals surface area contributed by atoms with Crippen molar-refractivity contribution in [3.63, 3.8) is 0 Å². The lowest BCUT2D eigenvalue weighted by Crippen LogP contribution is -2.10. The first kappa shape index (κ1) is 13.0. The van der Waals surface area contributed by atoms with Gasteiger partial charge in [-0.15, -0.1) is 0 Å². The summed E-state index contributed by atoms with van der Waals surface area (Å²) >= 11 is 0. The summed E-state index contributed by atoms with van der Waals surface area (Å²) < 4.78 is 0. The Kier molecular flexibility index (Phi) is 3.68. The van der Waals surface area contributed by atoms with Gasteiger partial charge in [0.25, 0.3) is 5.78 Å². The van der Waals surface area contributed by atoms with Crippen molar-refractivity contribution in [2.24, 2.45) is 0 Å². The van der Waals surface area contributed by atoms with Gasteiger partial charge in [0, 0.05) is 11.6 Å². The van der Waals surface area contributed by atoms with Crippen LogP contribution in [0.4, 0.5) is 0 Å². The van der Waals surface area contributed by atoms with Crippen LogP contribution < -0.4 is 0 Å². The molecule has 0 unspecified atom stereocenters. The Bertz CT molecular complexity index is 489. The number of hydrogen-bond acceptors (Lipinski definition) is 3. The quantitative estimate of drug-likeness (QED) is 0.477. The predicted molar refractivity (Wildman–Crippen MR) is 63.9 cm³/mol. The number of rotatable bonds is 3. The highest BCUT2D eigenvalue weighted by atomic mass is 16.4. The highest BCUT2D eigenvalue weighted by Gasteiger charge is 2.13. The zero-order chi connectivity index (χ0) is 13.2. The monoisotopic (exact) mass is 234 g/mol. The molecule has 0 heterocycles. The first-order chi connectivity index (χ1) is 7.82. The second-order valence-electron chi connectivity index (χ2n) is 3.97. The minimum absolute atomic E-state index is 0.313. The van der Waals surface area contributed by atoms with E-state index in [1.54, 1.807) is 13.8 Å². The molecule has 0 atom stereocenters. The van der Waals surface area contributed by atoms with Crippen molar-refractivity contribution in [2.75, 3.05) is 0 Å². The molecule has 0 aliphatic carbocycles. The molecular weight excluding hydrogens is 220 g/mol. The summed E-state index contributed by atoms with van der Waals surface area (Å²) in [6, 6.07) is 3.72. The van der Waals surface area contributed by atoms with Gasteiger partial charge in [0.1, 0.15) is 5.76 Å². The fraction of sp³-hybridized carbons (Fsp3) is 0.231. The molecule has 0 spiro atoms. The summed E-state index contributed by atoms with van der Waals surface area (Å²) in [5, 5.41) is 18.2. The van der Waals surface area contributed by atoms with Crippen molar-refractivity contribution >= 4 is 17.5 Å². The number of carbonyl (C=O) groups is 2. The van der Waals surface area contributed by atoms with E-state index >= 15 is 0 Å². The van der Waals surface area contributed by atoms with Crippen molar-refractivity contribution in [1.29, 1.82) is 0 Å². The second-order valence-corrected chi connectivity index (χ2v) is 3.97. The predicted octanol–water partition coefficient (Wildman–Crippen LogP) is 2.16. The third-order valence-corrected chi connectivity index (χ3v) is 2.41. The van der Waals surface area contributed by atoms with Gasteiger partial charge in [-0.1, -0.05) is 17.7 Å². The molecular formula is C13H14O4.